The van der Waals surface area contributed by atoms with Crippen molar-refractivity contribution in [3.63, 3.8) is 0 Å². The summed E-state index contributed by atoms with van der Waals surface area (Å²) in [7, 11) is -1.75. The average Bonchev–Trinajstić information content (AvgIpc) is 3.39. The molecule has 0 aromatic rings. The van der Waals surface area contributed by atoms with Gasteiger partial charge in [0.15, 0.2) is 0 Å². The standard InChI is InChI=1S/C16H31N2O2P.C10H17ClNO2P/c1-6-16-15(8-11-19-16)12-21(20-10-7-9-17)18(13(2)3)14(4)5;1-2-10-9(4-7-13-10)8-15(11)14-6-3-5-12/h13-16H,6-8,10-12H2,1-5H3;9-10H,2-4,6-8H2,1H3/t15-,16-,21?;9-,10-,15?/m11/s1/i11T;7T/t11-,15+,16+,21?;7-,9+,10+,15?/m00. The minimum absolute atomic E-state index is 0.144. The maximum Gasteiger partial charge on any atom is 0.124 e. The summed E-state index contributed by atoms with van der Waals surface area (Å²) in [4.78, 5) is 0. The van der Waals surface area contributed by atoms with Gasteiger partial charge in [-0.05, 0) is 65.2 Å². The first-order chi connectivity index (χ1) is 18.1. The summed E-state index contributed by atoms with van der Waals surface area (Å²) in [6.07, 6.45) is 6.23. The van der Waals surface area contributed by atoms with Crippen molar-refractivity contribution in [1.29, 1.82) is 10.5 Å². The molecule has 0 N–H and O–H groups in total. The second-order valence-corrected chi connectivity index (χ2v) is 13.8. The Morgan fingerprint density at radius 2 is 1.39 bits per heavy atom. The van der Waals surface area contributed by atoms with Gasteiger partial charge < -0.3 is 18.5 Å². The van der Waals surface area contributed by atoms with Gasteiger partial charge in [-0.15, -0.1) is 0 Å². The average molecular weight is 568 g/mol. The summed E-state index contributed by atoms with van der Waals surface area (Å²) in [5.41, 5.74) is 0. The molecule has 10 heteroatoms. The van der Waals surface area contributed by atoms with Gasteiger partial charge in [-0.25, -0.2) is 0 Å². The zero-order valence-corrected chi connectivity index (χ0v) is 25.5. The van der Waals surface area contributed by atoms with E-state index in [4.69, 9.17) is 43.0 Å². The Balaban J connectivity index is 0.000000399. The molecule has 2 aliphatic rings. The monoisotopic (exact) mass is 567 g/mol. The summed E-state index contributed by atoms with van der Waals surface area (Å²) in [6, 6.07) is 4.98. The number of nitriles is 2. The van der Waals surface area contributed by atoms with Gasteiger partial charge in [0.05, 0.1) is 53.1 Å². The predicted octanol–water partition coefficient (Wildman–Crippen LogP) is 7.44. The summed E-state index contributed by atoms with van der Waals surface area (Å²) in [5, 5.41) is 17.1. The topological polar surface area (TPSA) is 87.7 Å². The van der Waals surface area contributed by atoms with Crippen LogP contribution in [0.25, 0.3) is 0 Å². The van der Waals surface area contributed by atoms with Crippen LogP contribution in [0.2, 0.25) is 0 Å². The molecular weight excluding hydrogens is 516 g/mol. The second kappa shape index (κ2) is 19.9. The van der Waals surface area contributed by atoms with Crippen LogP contribution in [0.15, 0.2) is 0 Å². The molecule has 0 aliphatic carbocycles. The molecule has 0 spiro atoms. The number of nitrogens with zero attached hydrogens (tertiary/aromatic N) is 3. The van der Waals surface area contributed by atoms with Crippen molar-refractivity contribution < 1.29 is 21.3 Å². The first-order valence-electron chi connectivity index (χ1n) is 14.4. The van der Waals surface area contributed by atoms with Crippen molar-refractivity contribution in [1.82, 2.24) is 4.67 Å². The highest BCUT2D eigenvalue weighted by molar-refractivity contribution is 7.80. The van der Waals surface area contributed by atoms with E-state index < -0.39 is 29.0 Å². The minimum atomic E-state index is -0.997. The van der Waals surface area contributed by atoms with E-state index in [0.29, 0.717) is 50.0 Å². The van der Waals surface area contributed by atoms with Crippen LogP contribution < -0.4 is 0 Å². The molecule has 8 atom stereocenters. The van der Waals surface area contributed by atoms with Crippen molar-refractivity contribution in [3.8, 4) is 12.1 Å². The third kappa shape index (κ3) is 12.7. The van der Waals surface area contributed by atoms with E-state index in [2.05, 4.69) is 52.3 Å². The van der Waals surface area contributed by atoms with Crippen LogP contribution in [0.5, 0.6) is 0 Å². The molecule has 36 heavy (non-hydrogen) atoms. The molecule has 0 saturated carbocycles. The molecular formula is C26H48ClN3O4P2. The van der Waals surface area contributed by atoms with Gasteiger partial charge >= 0.3 is 0 Å². The van der Waals surface area contributed by atoms with E-state index in [9.17, 15) is 0 Å². The number of ether oxygens (including phenoxy) is 2. The fourth-order valence-electron chi connectivity index (χ4n) is 4.52. The van der Waals surface area contributed by atoms with Crippen molar-refractivity contribution >= 4 is 27.0 Å². The van der Waals surface area contributed by atoms with Crippen molar-refractivity contribution in [3.05, 3.63) is 0 Å². The van der Waals surface area contributed by atoms with Gasteiger partial charge in [-0.2, -0.15) is 10.5 Å². The Kier molecular flexibility index (Phi) is 16.9. The maximum absolute atomic E-state index is 8.75. The van der Waals surface area contributed by atoms with Crippen LogP contribution in [0.1, 0.15) is 82.8 Å². The number of hydrogen-bond acceptors (Lipinski definition) is 7. The molecule has 7 nitrogen and oxygen atoms in total. The molecule has 2 unspecified atom stereocenters. The molecule has 0 aromatic carbocycles. The van der Waals surface area contributed by atoms with Crippen LogP contribution in [-0.2, 0) is 18.5 Å². The fourth-order valence-corrected chi connectivity index (χ4v) is 8.96. The predicted molar refractivity (Wildman–Crippen MR) is 150 cm³/mol. The zero-order valence-electron chi connectivity index (χ0n) is 24.9. The van der Waals surface area contributed by atoms with Crippen molar-refractivity contribution in [2.45, 2.75) is 104 Å². The van der Waals surface area contributed by atoms with E-state index in [1.165, 1.54) is 0 Å². The minimum Gasteiger partial charge on any atom is -0.378 e. The van der Waals surface area contributed by atoms with Crippen LogP contribution in [0.3, 0.4) is 0 Å². The Labute approximate surface area is 230 Å². The van der Waals surface area contributed by atoms with Crippen LogP contribution >= 0.6 is 27.0 Å². The third-order valence-electron chi connectivity index (χ3n) is 6.18. The lowest BCUT2D eigenvalue weighted by molar-refractivity contribution is 0.0908. The normalized spacial score (nSPS) is 30.3. The highest BCUT2D eigenvalue weighted by Crippen LogP contribution is 2.49. The number of rotatable bonds is 15. The summed E-state index contributed by atoms with van der Waals surface area (Å²) >= 11 is 6.08. The largest absolute Gasteiger partial charge is 0.378 e. The molecule has 0 radical (unpaired) electrons. The molecule has 2 fully saturated rings. The highest BCUT2D eigenvalue weighted by Gasteiger charge is 2.34. The fraction of sp³-hybridized carbons (Fsp3) is 0.923. The molecule has 2 heterocycles. The molecule has 0 aromatic heterocycles. The smallest absolute Gasteiger partial charge is 0.124 e. The number of hydrogen-bond donors (Lipinski definition) is 0. The number of halogens is 1. The molecule has 2 rings (SSSR count). The van der Waals surface area contributed by atoms with E-state index >= 15 is 0 Å². The SMILES string of the molecule is [3H][C@H]1C[C@H](CP(Cl)OCCC#N)[C@@H](CC)O1.[3H][C@H]1C[C@H](CP(OCCC#N)N(C(C)C)C(C)C)[C@@H](CC)O1. The molecule has 2 saturated heterocycles. The molecule has 0 amide bonds. The van der Waals surface area contributed by atoms with Gasteiger partial charge in [0.25, 0.3) is 0 Å². The lowest BCUT2D eigenvalue weighted by Crippen LogP contribution is -2.35. The maximum atomic E-state index is 8.75. The van der Waals surface area contributed by atoms with Crippen molar-refractivity contribution in [2.75, 3.05) is 38.7 Å². The Morgan fingerprint density at radius 1 is 0.917 bits per heavy atom. The Bertz CT molecular complexity index is 724. The summed E-state index contributed by atoms with van der Waals surface area (Å²) in [5.74, 6) is 0.721. The highest BCUT2D eigenvalue weighted by atomic mass is 35.7. The molecule has 208 valence electrons. The van der Waals surface area contributed by atoms with E-state index in [0.717, 1.165) is 38.0 Å². The summed E-state index contributed by atoms with van der Waals surface area (Å²) < 4.78 is 40.5. The Morgan fingerprint density at radius 3 is 1.83 bits per heavy atom. The van der Waals surface area contributed by atoms with Gasteiger partial charge in [0, 0.05) is 37.6 Å². The van der Waals surface area contributed by atoms with Gasteiger partial charge in [0.1, 0.15) is 15.8 Å². The third-order valence-corrected chi connectivity index (χ3v) is 10.8. The van der Waals surface area contributed by atoms with Gasteiger partial charge in [0.2, 0.25) is 0 Å². The van der Waals surface area contributed by atoms with E-state index in [-0.39, 0.29) is 12.2 Å². The van der Waals surface area contributed by atoms with Crippen LogP contribution in [0.4, 0.5) is 0 Å². The first kappa shape index (κ1) is 30.5. The molecule has 0 bridgehead atoms. The zero-order chi connectivity index (χ0) is 28.7. The quantitative estimate of drug-likeness (QED) is 0.150. The van der Waals surface area contributed by atoms with Gasteiger partial charge in [-0.1, -0.05) is 25.1 Å². The van der Waals surface area contributed by atoms with Gasteiger partial charge in [-0.3, -0.25) is 4.67 Å². The van der Waals surface area contributed by atoms with Crippen LogP contribution in [0, 0.1) is 34.5 Å². The van der Waals surface area contributed by atoms with Crippen LogP contribution in [-0.4, -0.2) is 67.7 Å². The lowest BCUT2D eigenvalue weighted by Gasteiger charge is -2.38. The lowest BCUT2D eigenvalue weighted by atomic mass is 10.0. The summed E-state index contributed by atoms with van der Waals surface area (Å²) in [6.45, 7) is 13.0. The Hall–Kier alpha value is -0.0700. The van der Waals surface area contributed by atoms with Crippen molar-refractivity contribution in [2.24, 2.45) is 11.8 Å². The molecule has 2 aliphatic heterocycles. The first-order valence-corrected chi connectivity index (χ1v) is 17.0. The second-order valence-electron chi connectivity index (χ2n) is 9.58. The van der Waals surface area contributed by atoms with E-state index in [1.807, 2.05) is 6.07 Å². The van der Waals surface area contributed by atoms with E-state index in [1.54, 1.807) is 0 Å².